The van der Waals surface area contributed by atoms with Gasteiger partial charge >= 0.3 is 5.97 Å². The lowest BCUT2D eigenvalue weighted by atomic mass is 10.1. The Bertz CT molecular complexity index is 489. The van der Waals surface area contributed by atoms with Crippen molar-refractivity contribution in [1.82, 2.24) is 5.32 Å². The Morgan fingerprint density at radius 1 is 1.53 bits per heavy atom. The van der Waals surface area contributed by atoms with Gasteiger partial charge in [0.2, 0.25) is 5.91 Å². The molecule has 0 saturated carbocycles. The molecule has 1 amide bonds. The minimum Gasteiger partial charge on any atom is -0.492 e. The van der Waals surface area contributed by atoms with E-state index in [-0.39, 0.29) is 19.0 Å². The summed E-state index contributed by atoms with van der Waals surface area (Å²) in [6, 6.07) is 6.36. The first-order valence-electron chi connectivity index (χ1n) is 6.11. The molecule has 0 radical (unpaired) electrons. The zero-order valence-corrected chi connectivity index (χ0v) is 10.6. The van der Waals surface area contributed by atoms with Crippen LogP contribution in [0.2, 0.25) is 0 Å². The summed E-state index contributed by atoms with van der Waals surface area (Å²) in [4.78, 5) is 24.3. The number of para-hydroxylation sites is 2. The second kappa shape index (κ2) is 5.60. The largest absolute Gasteiger partial charge is 0.492 e. The fraction of sp³-hybridized carbons (Fsp3) is 0.385. The smallest absolute Gasteiger partial charge is 0.328 e. The van der Waals surface area contributed by atoms with Gasteiger partial charge in [0.1, 0.15) is 11.8 Å². The summed E-state index contributed by atoms with van der Waals surface area (Å²) >= 11 is 0. The molecule has 19 heavy (non-hydrogen) atoms. The summed E-state index contributed by atoms with van der Waals surface area (Å²) in [6.45, 7) is 2.44. The number of carboxylic acid groups (broad SMARTS) is 1. The highest BCUT2D eigenvalue weighted by molar-refractivity contribution is 5.89. The van der Waals surface area contributed by atoms with Crippen molar-refractivity contribution >= 4 is 17.6 Å². The van der Waals surface area contributed by atoms with Gasteiger partial charge in [-0.25, -0.2) is 4.79 Å². The summed E-state index contributed by atoms with van der Waals surface area (Å²) in [7, 11) is 0. The summed E-state index contributed by atoms with van der Waals surface area (Å²) in [5.74, 6) is -0.568. The Morgan fingerprint density at radius 3 is 2.95 bits per heavy atom. The van der Waals surface area contributed by atoms with Gasteiger partial charge in [-0.3, -0.25) is 4.79 Å². The Labute approximate surface area is 111 Å². The van der Waals surface area contributed by atoms with Crippen molar-refractivity contribution in [3.05, 3.63) is 24.3 Å². The molecule has 1 saturated heterocycles. The number of rotatable bonds is 4. The van der Waals surface area contributed by atoms with Gasteiger partial charge in [0.15, 0.2) is 0 Å². The first-order chi connectivity index (χ1) is 9.13. The van der Waals surface area contributed by atoms with E-state index in [1.165, 1.54) is 0 Å². The lowest BCUT2D eigenvalue weighted by molar-refractivity contribution is -0.139. The van der Waals surface area contributed by atoms with Gasteiger partial charge in [0, 0.05) is 6.54 Å². The number of hydrogen-bond donors (Lipinski definition) is 2. The van der Waals surface area contributed by atoms with Crippen molar-refractivity contribution in [1.29, 1.82) is 0 Å². The topological polar surface area (TPSA) is 78.9 Å². The highest BCUT2D eigenvalue weighted by Crippen LogP contribution is 2.30. The zero-order valence-electron chi connectivity index (χ0n) is 10.6. The summed E-state index contributed by atoms with van der Waals surface area (Å²) in [5, 5.41) is 11.8. The first kappa shape index (κ1) is 13.2. The van der Waals surface area contributed by atoms with Gasteiger partial charge in [0.25, 0.3) is 0 Å². The van der Waals surface area contributed by atoms with Gasteiger partial charge < -0.3 is 20.1 Å². The van der Waals surface area contributed by atoms with E-state index in [1.807, 2.05) is 13.0 Å². The predicted molar refractivity (Wildman–Crippen MR) is 69.4 cm³/mol. The number of benzene rings is 1. The maximum absolute atomic E-state index is 11.5. The van der Waals surface area contributed by atoms with E-state index in [9.17, 15) is 14.7 Å². The average Bonchev–Trinajstić information content (AvgIpc) is 2.39. The Kier molecular flexibility index (Phi) is 3.89. The lowest BCUT2D eigenvalue weighted by Gasteiger charge is -2.35. The highest BCUT2D eigenvalue weighted by Gasteiger charge is 2.33. The monoisotopic (exact) mass is 264 g/mol. The van der Waals surface area contributed by atoms with Crippen LogP contribution < -0.4 is 15.0 Å². The Morgan fingerprint density at radius 2 is 2.26 bits per heavy atom. The van der Waals surface area contributed by atoms with Crippen molar-refractivity contribution in [3.63, 3.8) is 0 Å². The number of ether oxygens (including phenoxy) is 1. The molecule has 0 aromatic heterocycles. The number of carboxylic acids is 1. The Balaban J connectivity index is 2.35. The van der Waals surface area contributed by atoms with Crippen molar-refractivity contribution < 1.29 is 19.4 Å². The molecule has 1 aliphatic rings. The number of hydrogen-bond acceptors (Lipinski definition) is 4. The van der Waals surface area contributed by atoms with E-state index in [0.29, 0.717) is 18.0 Å². The van der Waals surface area contributed by atoms with E-state index in [0.717, 1.165) is 0 Å². The summed E-state index contributed by atoms with van der Waals surface area (Å²) in [6.07, 6.45) is 0. The second-order valence-corrected chi connectivity index (χ2v) is 4.19. The molecular formula is C13H16N2O4. The molecule has 2 N–H and O–H groups in total. The third-order valence-electron chi connectivity index (χ3n) is 2.94. The average molecular weight is 264 g/mol. The van der Waals surface area contributed by atoms with Crippen molar-refractivity contribution in [2.75, 3.05) is 24.6 Å². The number of nitrogens with zero attached hydrogens (tertiary/aromatic N) is 1. The summed E-state index contributed by atoms with van der Waals surface area (Å²) in [5.41, 5.74) is 0.631. The third-order valence-corrected chi connectivity index (χ3v) is 2.94. The molecule has 6 nitrogen and oxygen atoms in total. The SMILES string of the molecule is CCOc1ccccc1N1CC(=O)NCC1C(=O)O. The van der Waals surface area contributed by atoms with Crippen molar-refractivity contribution in [3.8, 4) is 5.75 Å². The van der Waals surface area contributed by atoms with E-state index in [4.69, 9.17) is 4.74 Å². The quantitative estimate of drug-likeness (QED) is 0.826. The highest BCUT2D eigenvalue weighted by atomic mass is 16.5. The van der Waals surface area contributed by atoms with Gasteiger partial charge in [0.05, 0.1) is 18.8 Å². The normalized spacial score (nSPS) is 18.9. The zero-order chi connectivity index (χ0) is 13.8. The van der Waals surface area contributed by atoms with Gasteiger partial charge in [-0.2, -0.15) is 0 Å². The molecule has 6 heteroatoms. The molecule has 1 aliphatic heterocycles. The minimum atomic E-state index is -0.966. The number of amides is 1. The van der Waals surface area contributed by atoms with Crippen LogP contribution in [0.3, 0.4) is 0 Å². The maximum atomic E-state index is 11.5. The van der Waals surface area contributed by atoms with E-state index in [1.54, 1.807) is 23.1 Å². The number of anilines is 1. The van der Waals surface area contributed by atoms with E-state index in [2.05, 4.69) is 5.32 Å². The molecule has 0 spiro atoms. The van der Waals surface area contributed by atoms with Crippen LogP contribution in [0.5, 0.6) is 5.75 Å². The number of carbonyl (C=O) groups is 2. The fourth-order valence-corrected chi connectivity index (χ4v) is 2.09. The Hall–Kier alpha value is -2.24. The van der Waals surface area contributed by atoms with Gasteiger partial charge in [-0.15, -0.1) is 0 Å². The summed E-state index contributed by atoms with van der Waals surface area (Å²) < 4.78 is 5.49. The molecule has 1 aromatic rings. The van der Waals surface area contributed by atoms with Crippen LogP contribution in [0.15, 0.2) is 24.3 Å². The van der Waals surface area contributed by atoms with Crippen LogP contribution in [-0.2, 0) is 9.59 Å². The first-order valence-corrected chi connectivity index (χ1v) is 6.11. The molecule has 1 fully saturated rings. The molecule has 102 valence electrons. The molecule has 1 atom stereocenters. The number of aliphatic carboxylic acids is 1. The molecule has 1 aromatic carbocycles. The van der Waals surface area contributed by atoms with E-state index < -0.39 is 12.0 Å². The van der Waals surface area contributed by atoms with Crippen LogP contribution in [0, 0.1) is 0 Å². The lowest BCUT2D eigenvalue weighted by Crippen LogP contribution is -2.57. The fourth-order valence-electron chi connectivity index (χ4n) is 2.09. The molecule has 2 rings (SSSR count). The van der Waals surface area contributed by atoms with Crippen LogP contribution in [-0.4, -0.2) is 42.7 Å². The second-order valence-electron chi connectivity index (χ2n) is 4.19. The standard InChI is InChI=1S/C13H16N2O4/c1-2-19-11-6-4-3-5-9(11)15-8-12(16)14-7-10(15)13(17)18/h3-6,10H,2,7-8H2,1H3,(H,14,16)(H,17,18). The molecule has 1 heterocycles. The van der Waals surface area contributed by atoms with E-state index >= 15 is 0 Å². The van der Waals surface area contributed by atoms with Crippen LogP contribution in [0.1, 0.15) is 6.92 Å². The molecule has 0 bridgehead atoms. The van der Waals surface area contributed by atoms with Crippen molar-refractivity contribution in [2.24, 2.45) is 0 Å². The molecular weight excluding hydrogens is 248 g/mol. The van der Waals surface area contributed by atoms with Crippen LogP contribution >= 0.6 is 0 Å². The van der Waals surface area contributed by atoms with Crippen molar-refractivity contribution in [2.45, 2.75) is 13.0 Å². The minimum absolute atomic E-state index is 0.0149. The number of piperazine rings is 1. The third kappa shape index (κ3) is 2.78. The number of nitrogens with one attached hydrogen (secondary N) is 1. The van der Waals surface area contributed by atoms with Gasteiger partial charge in [-0.05, 0) is 19.1 Å². The van der Waals surface area contributed by atoms with Crippen LogP contribution in [0.4, 0.5) is 5.69 Å². The van der Waals surface area contributed by atoms with Gasteiger partial charge in [-0.1, -0.05) is 12.1 Å². The maximum Gasteiger partial charge on any atom is 0.328 e. The number of carbonyl (C=O) groups excluding carboxylic acids is 1. The molecule has 1 unspecified atom stereocenters. The molecule has 0 aliphatic carbocycles. The van der Waals surface area contributed by atoms with Crippen LogP contribution in [0.25, 0.3) is 0 Å². The predicted octanol–water partition coefficient (Wildman–Crippen LogP) is 0.475.